The van der Waals surface area contributed by atoms with E-state index in [1.54, 1.807) is 12.1 Å². The van der Waals surface area contributed by atoms with Crippen molar-refractivity contribution in [3.63, 3.8) is 0 Å². The van der Waals surface area contributed by atoms with Crippen LogP contribution in [0.15, 0.2) is 28.7 Å². The Hall–Kier alpha value is -0.653. The first-order valence-electron chi connectivity index (χ1n) is 7.58. The Kier molecular flexibility index (Phi) is 6.04. The first kappa shape index (κ1) is 19.4. The van der Waals surface area contributed by atoms with Crippen LogP contribution in [0.4, 0.5) is 0 Å². The van der Waals surface area contributed by atoms with E-state index in [1.165, 1.54) is 0 Å². The maximum absolute atomic E-state index is 12.2. The molecule has 5 heteroatoms. The predicted molar refractivity (Wildman–Crippen MR) is 98.8 cm³/mol. The van der Waals surface area contributed by atoms with Crippen molar-refractivity contribution in [2.75, 3.05) is 6.54 Å². The highest BCUT2D eigenvalue weighted by Gasteiger charge is 2.41. The second-order valence-electron chi connectivity index (χ2n) is 7.81. The van der Waals surface area contributed by atoms with Crippen LogP contribution in [0.5, 0.6) is 0 Å². The molecule has 0 aliphatic carbocycles. The van der Waals surface area contributed by atoms with Gasteiger partial charge in [-0.15, -0.1) is 0 Å². The van der Waals surface area contributed by atoms with Crippen molar-refractivity contribution in [1.82, 2.24) is 5.32 Å². The van der Waals surface area contributed by atoms with Gasteiger partial charge in [0.15, 0.2) is 8.32 Å². The van der Waals surface area contributed by atoms with Crippen LogP contribution < -0.4 is 5.32 Å². The average Bonchev–Trinajstić information content (AvgIpc) is 2.34. The van der Waals surface area contributed by atoms with Crippen molar-refractivity contribution in [1.29, 1.82) is 0 Å². The van der Waals surface area contributed by atoms with E-state index in [1.807, 2.05) is 26.0 Å². The number of benzene rings is 1. The summed E-state index contributed by atoms with van der Waals surface area (Å²) >= 11 is 3.37. The van der Waals surface area contributed by atoms with E-state index in [9.17, 15) is 4.79 Å². The standard InChI is InChI=1S/C17H28BrNO2Si/c1-16(2,3)22(6,7)21-17(4,5)12-19-15(20)13-8-10-14(18)11-9-13/h8-11H,12H2,1-7H3,(H,19,20). The topological polar surface area (TPSA) is 38.3 Å². The molecular formula is C17H28BrNO2Si. The number of hydrogen-bond acceptors (Lipinski definition) is 2. The van der Waals surface area contributed by atoms with E-state index in [0.717, 1.165) is 4.47 Å². The number of carbonyl (C=O) groups is 1. The molecule has 124 valence electrons. The van der Waals surface area contributed by atoms with Gasteiger partial charge in [-0.05, 0) is 56.2 Å². The van der Waals surface area contributed by atoms with Crippen molar-refractivity contribution >= 4 is 30.2 Å². The molecule has 1 rings (SSSR count). The number of halogens is 1. The number of carbonyl (C=O) groups excluding carboxylic acids is 1. The maximum Gasteiger partial charge on any atom is 0.251 e. The Morgan fingerprint density at radius 3 is 2.09 bits per heavy atom. The van der Waals surface area contributed by atoms with Crippen molar-refractivity contribution in [3.05, 3.63) is 34.3 Å². The van der Waals surface area contributed by atoms with Crippen LogP contribution in [0.25, 0.3) is 0 Å². The quantitative estimate of drug-likeness (QED) is 0.725. The Labute approximate surface area is 144 Å². The van der Waals surface area contributed by atoms with Gasteiger partial charge in [0.05, 0.1) is 5.60 Å². The van der Waals surface area contributed by atoms with Crippen molar-refractivity contribution in [3.8, 4) is 0 Å². The van der Waals surface area contributed by atoms with E-state index in [-0.39, 0.29) is 16.5 Å². The molecule has 1 N–H and O–H groups in total. The number of nitrogens with one attached hydrogen (secondary N) is 1. The van der Waals surface area contributed by atoms with Gasteiger partial charge < -0.3 is 9.74 Å². The molecule has 1 aromatic carbocycles. The van der Waals surface area contributed by atoms with Gasteiger partial charge in [-0.3, -0.25) is 4.79 Å². The SMILES string of the molecule is CC(C)(CNC(=O)c1ccc(Br)cc1)O[Si](C)(C)C(C)(C)C. The molecule has 0 aromatic heterocycles. The van der Waals surface area contributed by atoms with Crippen LogP contribution in [-0.4, -0.2) is 26.4 Å². The number of hydrogen-bond donors (Lipinski definition) is 1. The van der Waals surface area contributed by atoms with E-state index in [0.29, 0.717) is 12.1 Å². The van der Waals surface area contributed by atoms with Crippen LogP contribution in [0, 0.1) is 0 Å². The summed E-state index contributed by atoms with van der Waals surface area (Å²) in [6, 6.07) is 7.35. The van der Waals surface area contributed by atoms with Gasteiger partial charge in [0.1, 0.15) is 0 Å². The fraction of sp³-hybridized carbons (Fsp3) is 0.588. The summed E-state index contributed by atoms with van der Waals surface area (Å²) in [5.41, 5.74) is 0.278. The summed E-state index contributed by atoms with van der Waals surface area (Å²) in [7, 11) is -1.86. The normalized spacial score (nSPS) is 13.1. The highest BCUT2D eigenvalue weighted by Crippen LogP contribution is 2.38. The summed E-state index contributed by atoms with van der Waals surface area (Å²) in [5.74, 6) is -0.0700. The zero-order valence-electron chi connectivity index (χ0n) is 14.7. The number of amides is 1. The Balaban J connectivity index is 2.66. The van der Waals surface area contributed by atoms with Crippen molar-refractivity contribution < 1.29 is 9.22 Å². The lowest BCUT2D eigenvalue weighted by Gasteiger charge is -2.42. The molecule has 22 heavy (non-hydrogen) atoms. The van der Waals surface area contributed by atoms with E-state index in [4.69, 9.17) is 4.43 Å². The van der Waals surface area contributed by atoms with Gasteiger partial charge in [0.2, 0.25) is 0 Å². The Morgan fingerprint density at radius 1 is 1.14 bits per heavy atom. The van der Waals surface area contributed by atoms with Gasteiger partial charge in [0.25, 0.3) is 5.91 Å². The molecule has 0 radical (unpaired) electrons. The molecule has 3 nitrogen and oxygen atoms in total. The zero-order valence-corrected chi connectivity index (χ0v) is 17.3. The Bertz CT molecular complexity index is 518. The summed E-state index contributed by atoms with van der Waals surface area (Å²) in [6.45, 7) is 15.7. The van der Waals surface area contributed by atoms with Gasteiger partial charge in [-0.1, -0.05) is 36.7 Å². The third-order valence-corrected chi connectivity index (χ3v) is 9.32. The zero-order chi connectivity index (χ0) is 17.2. The monoisotopic (exact) mass is 385 g/mol. The predicted octanol–water partition coefficient (Wildman–Crippen LogP) is 4.98. The summed E-state index contributed by atoms with van der Waals surface area (Å²) < 4.78 is 7.38. The fourth-order valence-electron chi connectivity index (χ4n) is 1.88. The molecule has 0 atom stereocenters. The van der Waals surface area contributed by atoms with E-state index >= 15 is 0 Å². The van der Waals surface area contributed by atoms with Gasteiger partial charge in [0, 0.05) is 16.6 Å². The van der Waals surface area contributed by atoms with Crippen molar-refractivity contribution in [2.24, 2.45) is 0 Å². The van der Waals surface area contributed by atoms with Crippen LogP contribution in [0.2, 0.25) is 18.1 Å². The smallest absolute Gasteiger partial charge is 0.251 e. The molecule has 0 bridgehead atoms. The molecule has 0 spiro atoms. The second-order valence-corrected chi connectivity index (χ2v) is 13.5. The van der Waals surface area contributed by atoms with E-state index < -0.39 is 8.32 Å². The lowest BCUT2D eigenvalue weighted by Crippen LogP contribution is -2.51. The average molecular weight is 386 g/mol. The first-order chi connectivity index (χ1) is 9.84. The molecule has 0 heterocycles. The van der Waals surface area contributed by atoms with Crippen LogP contribution >= 0.6 is 15.9 Å². The largest absolute Gasteiger partial charge is 0.410 e. The second kappa shape index (κ2) is 6.85. The molecule has 0 saturated carbocycles. The minimum absolute atomic E-state index is 0.0700. The third-order valence-electron chi connectivity index (χ3n) is 4.12. The Morgan fingerprint density at radius 2 is 1.64 bits per heavy atom. The summed E-state index contributed by atoms with van der Waals surface area (Å²) in [6.07, 6.45) is 0. The highest BCUT2D eigenvalue weighted by atomic mass is 79.9. The molecule has 1 aromatic rings. The lowest BCUT2D eigenvalue weighted by atomic mass is 10.1. The van der Waals surface area contributed by atoms with Crippen molar-refractivity contribution in [2.45, 2.75) is 58.4 Å². The van der Waals surface area contributed by atoms with Gasteiger partial charge >= 0.3 is 0 Å². The van der Waals surface area contributed by atoms with Crippen LogP contribution in [0.3, 0.4) is 0 Å². The summed E-state index contributed by atoms with van der Waals surface area (Å²) in [5, 5.41) is 3.13. The molecule has 0 unspecified atom stereocenters. The van der Waals surface area contributed by atoms with Crippen LogP contribution in [0.1, 0.15) is 45.0 Å². The maximum atomic E-state index is 12.2. The molecule has 0 saturated heterocycles. The van der Waals surface area contributed by atoms with Crippen LogP contribution in [-0.2, 0) is 4.43 Å². The number of rotatable bonds is 5. The molecule has 0 aliphatic rings. The molecular weight excluding hydrogens is 358 g/mol. The first-order valence-corrected chi connectivity index (χ1v) is 11.3. The lowest BCUT2D eigenvalue weighted by molar-refractivity contribution is 0.0759. The fourth-order valence-corrected chi connectivity index (χ4v) is 3.90. The van der Waals surface area contributed by atoms with E-state index in [2.05, 4.69) is 55.1 Å². The minimum atomic E-state index is -1.86. The van der Waals surface area contributed by atoms with Gasteiger partial charge in [-0.2, -0.15) is 0 Å². The molecule has 1 amide bonds. The molecule has 0 fully saturated rings. The van der Waals surface area contributed by atoms with Gasteiger partial charge in [-0.25, -0.2) is 0 Å². The minimum Gasteiger partial charge on any atom is -0.410 e. The summed E-state index contributed by atoms with van der Waals surface area (Å²) in [4.78, 5) is 12.2. The highest BCUT2D eigenvalue weighted by molar-refractivity contribution is 9.10. The third kappa shape index (κ3) is 5.52. The molecule has 0 aliphatic heterocycles.